The van der Waals surface area contributed by atoms with Crippen molar-refractivity contribution in [3.8, 4) is 0 Å². The summed E-state index contributed by atoms with van der Waals surface area (Å²) >= 11 is 0. The lowest BCUT2D eigenvalue weighted by Crippen LogP contribution is -2.50. The Balaban J connectivity index is 2.18. The first-order chi connectivity index (χ1) is 8.94. The lowest BCUT2D eigenvalue weighted by molar-refractivity contribution is 0.0724. The minimum atomic E-state index is -0.369. The summed E-state index contributed by atoms with van der Waals surface area (Å²) in [5, 5.41) is 2.98. The Hall–Kier alpha value is -1.73. The molecule has 0 radical (unpaired) electrons. The predicted molar refractivity (Wildman–Crippen MR) is 70.5 cm³/mol. The highest BCUT2D eigenvalue weighted by molar-refractivity contribution is 5.93. The fraction of sp³-hybridized carbons (Fsp3) is 0.583. The minimum Gasteiger partial charge on any atom is -0.376 e. The van der Waals surface area contributed by atoms with E-state index >= 15 is 0 Å². The lowest BCUT2D eigenvalue weighted by Gasteiger charge is -2.28. The van der Waals surface area contributed by atoms with Crippen LogP contribution in [0.25, 0.3) is 0 Å². The molecule has 1 aromatic heterocycles. The van der Waals surface area contributed by atoms with E-state index in [2.05, 4.69) is 20.7 Å². The molecular weight excluding hydrogens is 246 g/mol. The van der Waals surface area contributed by atoms with Crippen LogP contribution in [0.2, 0.25) is 0 Å². The number of hydrogen-bond acceptors (Lipinski definition) is 6. The summed E-state index contributed by atoms with van der Waals surface area (Å²) in [5.41, 5.74) is 2.95. The number of ether oxygens (including phenoxy) is 1. The van der Waals surface area contributed by atoms with Crippen LogP contribution in [0.4, 0.5) is 5.95 Å². The van der Waals surface area contributed by atoms with Gasteiger partial charge in [0.05, 0.1) is 11.6 Å². The van der Waals surface area contributed by atoms with Gasteiger partial charge in [0, 0.05) is 12.3 Å². The number of nitrogens with zero attached hydrogens (tertiary/aromatic N) is 2. The molecule has 0 saturated carbocycles. The summed E-state index contributed by atoms with van der Waals surface area (Å²) in [6, 6.07) is 1.63. The Bertz CT molecular complexity index is 493. The number of aromatic nitrogens is 2. The molecule has 0 bridgehead atoms. The van der Waals surface area contributed by atoms with Crippen LogP contribution >= 0.6 is 0 Å². The molecule has 7 heteroatoms. The first-order valence-electron chi connectivity index (χ1n) is 6.21. The molecular formula is C12H19N5O2. The molecule has 0 aliphatic carbocycles. The summed E-state index contributed by atoms with van der Waals surface area (Å²) < 4.78 is 5.49. The number of anilines is 1. The molecule has 0 spiro atoms. The monoisotopic (exact) mass is 265 g/mol. The highest BCUT2D eigenvalue weighted by Crippen LogP contribution is 2.25. The smallest absolute Gasteiger partial charge is 0.270 e. The lowest BCUT2D eigenvalue weighted by atomic mass is 9.94. The fourth-order valence-corrected chi connectivity index (χ4v) is 2.07. The van der Waals surface area contributed by atoms with Crippen molar-refractivity contribution < 1.29 is 9.53 Å². The molecule has 1 aliphatic rings. The quantitative estimate of drug-likeness (QED) is 0.539. The largest absolute Gasteiger partial charge is 0.376 e. The van der Waals surface area contributed by atoms with Crippen LogP contribution in [0.15, 0.2) is 6.07 Å². The number of nitrogens with one attached hydrogen (secondary N) is 2. The number of aryl methyl sites for hydroxylation is 1. The molecule has 0 aromatic carbocycles. The van der Waals surface area contributed by atoms with E-state index in [4.69, 9.17) is 10.6 Å². The Labute approximate surface area is 111 Å². The zero-order valence-corrected chi connectivity index (χ0v) is 11.4. The maximum absolute atomic E-state index is 12.2. The molecule has 7 nitrogen and oxygen atoms in total. The van der Waals surface area contributed by atoms with Gasteiger partial charge in [0.15, 0.2) is 0 Å². The number of carbonyl (C=O) groups is 1. The van der Waals surface area contributed by atoms with E-state index in [0.717, 1.165) is 6.42 Å². The number of carbonyl (C=O) groups excluding carboxylic acids is 1. The van der Waals surface area contributed by atoms with E-state index in [1.807, 2.05) is 13.8 Å². The van der Waals surface area contributed by atoms with Crippen molar-refractivity contribution in [2.75, 3.05) is 12.0 Å². The van der Waals surface area contributed by atoms with Crippen molar-refractivity contribution in [1.82, 2.24) is 15.3 Å². The van der Waals surface area contributed by atoms with Gasteiger partial charge in [0.2, 0.25) is 5.95 Å². The third-order valence-electron chi connectivity index (χ3n) is 3.50. The molecule has 2 atom stereocenters. The highest BCUT2D eigenvalue weighted by atomic mass is 16.5. The Kier molecular flexibility index (Phi) is 3.68. The second-order valence-electron chi connectivity index (χ2n) is 5.00. The van der Waals surface area contributed by atoms with E-state index in [-0.39, 0.29) is 23.5 Å². The van der Waals surface area contributed by atoms with Crippen molar-refractivity contribution in [1.29, 1.82) is 0 Å². The van der Waals surface area contributed by atoms with Gasteiger partial charge in [-0.25, -0.2) is 15.8 Å². The van der Waals surface area contributed by atoms with Gasteiger partial charge in [-0.1, -0.05) is 0 Å². The highest BCUT2D eigenvalue weighted by Gasteiger charge is 2.38. The number of rotatable bonds is 3. The Morgan fingerprint density at radius 2 is 2.32 bits per heavy atom. The van der Waals surface area contributed by atoms with Crippen molar-refractivity contribution >= 4 is 11.9 Å². The van der Waals surface area contributed by atoms with Crippen molar-refractivity contribution in [2.45, 2.75) is 38.8 Å². The van der Waals surface area contributed by atoms with E-state index in [9.17, 15) is 4.79 Å². The molecule has 2 rings (SSSR count). The van der Waals surface area contributed by atoms with Crippen LogP contribution in [-0.2, 0) is 4.74 Å². The molecule has 2 unspecified atom stereocenters. The minimum absolute atomic E-state index is 0.0218. The first-order valence-corrected chi connectivity index (χ1v) is 6.21. The summed E-state index contributed by atoms with van der Waals surface area (Å²) in [6.45, 7) is 6.35. The fourth-order valence-electron chi connectivity index (χ4n) is 2.07. The van der Waals surface area contributed by atoms with Crippen molar-refractivity contribution in [2.24, 2.45) is 5.84 Å². The second kappa shape index (κ2) is 5.10. The van der Waals surface area contributed by atoms with Crippen LogP contribution in [0.3, 0.4) is 0 Å². The van der Waals surface area contributed by atoms with Gasteiger partial charge in [-0.15, -0.1) is 0 Å². The summed E-state index contributed by atoms with van der Waals surface area (Å²) in [5.74, 6) is 5.25. The van der Waals surface area contributed by atoms with Crippen LogP contribution in [0.1, 0.15) is 36.5 Å². The van der Waals surface area contributed by atoms with Crippen molar-refractivity contribution in [3.63, 3.8) is 0 Å². The second-order valence-corrected chi connectivity index (χ2v) is 5.00. The molecule has 104 valence electrons. The molecule has 1 saturated heterocycles. The summed E-state index contributed by atoms with van der Waals surface area (Å²) in [7, 11) is 0. The maximum Gasteiger partial charge on any atom is 0.270 e. The van der Waals surface area contributed by atoms with E-state index in [1.165, 1.54) is 0 Å². The number of nitrogen functional groups attached to an aromatic ring is 1. The van der Waals surface area contributed by atoms with E-state index in [1.54, 1.807) is 13.0 Å². The van der Waals surface area contributed by atoms with Crippen LogP contribution in [0.5, 0.6) is 0 Å². The summed E-state index contributed by atoms with van der Waals surface area (Å²) in [6.07, 6.45) is 0.762. The van der Waals surface area contributed by atoms with E-state index < -0.39 is 0 Å². The maximum atomic E-state index is 12.2. The third-order valence-corrected chi connectivity index (χ3v) is 3.50. The Morgan fingerprint density at radius 1 is 1.58 bits per heavy atom. The predicted octanol–water partition coefficient (Wildman–Crippen LogP) is 0.368. The van der Waals surface area contributed by atoms with E-state index in [0.29, 0.717) is 18.0 Å². The SMILES string of the molecule is Cc1cc(C(=O)NC2(C)CCOC2C)nc(NN)n1. The Morgan fingerprint density at radius 3 is 2.89 bits per heavy atom. The molecule has 1 aromatic rings. The molecule has 19 heavy (non-hydrogen) atoms. The summed E-state index contributed by atoms with van der Waals surface area (Å²) in [4.78, 5) is 20.3. The van der Waals surface area contributed by atoms with Gasteiger partial charge < -0.3 is 10.1 Å². The number of nitrogens with two attached hydrogens (primary N) is 1. The van der Waals surface area contributed by atoms with Crippen LogP contribution < -0.4 is 16.6 Å². The molecule has 4 N–H and O–H groups in total. The standard InChI is InChI=1S/C12H19N5O2/c1-7-6-9(15-11(14-7)17-13)10(18)16-12(3)4-5-19-8(12)2/h6,8H,4-5,13H2,1-3H3,(H,16,18)(H,14,15,17). The molecule has 1 fully saturated rings. The number of amides is 1. The van der Waals surface area contributed by atoms with Gasteiger partial charge in [0.25, 0.3) is 5.91 Å². The van der Waals surface area contributed by atoms with Gasteiger partial charge >= 0.3 is 0 Å². The van der Waals surface area contributed by atoms with Gasteiger partial charge in [-0.3, -0.25) is 10.2 Å². The third kappa shape index (κ3) is 2.82. The topological polar surface area (TPSA) is 102 Å². The van der Waals surface area contributed by atoms with Gasteiger partial charge in [0.1, 0.15) is 5.69 Å². The first kappa shape index (κ1) is 13.7. The van der Waals surface area contributed by atoms with Gasteiger partial charge in [-0.2, -0.15) is 0 Å². The van der Waals surface area contributed by atoms with Crippen LogP contribution in [0, 0.1) is 6.92 Å². The molecule has 1 aliphatic heterocycles. The molecule has 1 amide bonds. The average molecular weight is 265 g/mol. The van der Waals surface area contributed by atoms with Crippen LogP contribution in [-0.4, -0.2) is 34.1 Å². The number of hydrogen-bond donors (Lipinski definition) is 3. The average Bonchev–Trinajstić information content (AvgIpc) is 2.68. The van der Waals surface area contributed by atoms with Crippen molar-refractivity contribution in [3.05, 3.63) is 17.5 Å². The zero-order valence-electron chi connectivity index (χ0n) is 11.4. The van der Waals surface area contributed by atoms with Gasteiger partial charge in [-0.05, 0) is 33.3 Å². The normalized spacial score (nSPS) is 26.2. The number of hydrazine groups is 1. The zero-order chi connectivity index (χ0) is 14.0. The molecule has 2 heterocycles.